The number of hydrogen-bond acceptors (Lipinski definition) is 0. The standard InChI is InChI=1S/C40H60N2.2C11H23.Ni/c1-8-15-16-17-24-34-29-39(35-25-30(18-9-2)37(22-13-6)31(26-35)19-10-3)42(41)40(34)36-27-32(20-11-4)38(23-14-7)33(28-36)21-12-5;2*1-3-5-7-9-11-10-8-6-4-2;/h25-29H,8-24H2,1-7H3;2*1,3-11H2,2H3;/q;2*-1;+2. The molecule has 0 unspecified atom stereocenters. The summed E-state index contributed by atoms with van der Waals surface area (Å²) in [5, 5.41) is 0. The van der Waals surface area contributed by atoms with Gasteiger partial charge in [-0.05, 0) is 109 Å². The van der Waals surface area contributed by atoms with Gasteiger partial charge >= 0.3 is 16.5 Å². The molecular formula is C62H106N2Ni. The molecule has 1 heterocycles. The first-order chi connectivity index (χ1) is 31.3. The van der Waals surface area contributed by atoms with E-state index in [0.717, 1.165) is 94.9 Å². The summed E-state index contributed by atoms with van der Waals surface area (Å²) >= 11 is 0. The molecule has 2 aromatic carbocycles. The van der Waals surface area contributed by atoms with Crippen LogP contribution < -0.4 is 0 Å². The molecule has 0 atom stereocenters. The Morgan fingerprint density at radius 3 is 1.00 bits per heavy atom. The Kier molecular flexibility index (Phi) is 40.9. The summed E-state index contributed by atoms with van der Waals surface area (Å²) in [6.07, 6.45) is 46.7. The molecule has 3 heteroatoms. The molecule has 1 aliphatic rings. The van der Waals surface area contributed by atoms with Crippen LogP contribution in [0.2, 0.25) is 0 Å². The second kappa shape index (κ2) is 42.1. The van der Waals surface area contributed by atoms with Crippen molar-refractivity contribution in [3.63, 3.8) is 0 Å². The molecule has 0 saturated carbocycles. The van der Waals surface area contributed by atoms with Crippen LogP contribution in [-0.4, -0.2) is 4.70 Å². The Bertz CT molecular complexity index is 1460. The first-order valence-electron chi connectivity index (χ1n) is 28.1. The molecule has 2 aromatic rings. The molecule has 0 aliphatic carbocycles. The van der Waals surface area contributed by atoms with E-state index in [-0.39, 0.29) is 16.5 Å². The molecule has 2 nitrogen and oxygen atoms in total. The van der Waals surface area contributed by atoms with Gasteiger partial charge in [-0.15, -0.1) is 0 Å². The summed E-state index contributed by atoms with van der Waals surface area (Å²) in [6, 6.07) is 9.64. The number of nitrogens with zero attached hydrogens (tertiary/aromatic N) is 2. The number of benzene rings is 2. The second-order valence-electron chi connectivity index (χ2n) is 19.2. The fraction of sp³-hybridized carbons (Fsp3) is 0.710. The summed E-state index contributed by atoms with van der Waals surface area (Å²) in [6.45, 7) is 28.2. The van der Waals surface area contributed by atoms with E-state index in [1.165, 1.54) is 180 Å². The van der Waals surface area contributed by atoms with Gasteiger partial charge in [-0.3, -0.25) is 0 Å². The van der Waals surface area contributed by atoms with Crippen molar-refractivity contribution in [1.82, 2.24) is 0 Å². The number of aryl methyl sites for hydroxylation is 4. The van der Waals surface area contributed by atoms with Gasteiger partial charge in [-0.1, -0.05) is 223 Å². The van der Waals surface area contributed by atoms with E-state index in [1.54, 1.807) is 15.8 Å². The van der Waals surface area contributed by atoms with Crippen molar-refractivity contribution in [3.05, 3.63) is 99.8 Å². The third-order valence-electron chi connectivity index (χ3n) is 13.1. The van der Waals surface area contributed by atoms with Gasteiger partial charge in [0.05, 0.1) is 0 Å². The van der Waals surface area contributed by atoms with Crippen LogP contribution in [0.3, 0.4) is 0 Å². The minimum absolute atomic E-state index is 0. The van der Waals surface area contributed by atoms with Crippen molar-refractivity contribution in [1.29, 1.82) is 0 Å². The number of allylic oxidation sites excluding steroid dienone is 2. The molecule has 0 fully saturated rings. The summed E-state index contributed by atoms with van der Waals surface area (Å²) in [5.41, 5.74) is 26.8. The number of unbranched alkanes of at least 4 members (excludes halogenated alkanes) is 19. The zero-order valence-corrected chi connectivity index (χ0v) is 45.7. The van der Waals surface area contributed by atoms with Crippen LogP contribution in [0.5, 0.6) is 0 Å². The van der Waals surface area contributed by atoms with Crippen molar-refractivity contribution in [2.75, 3.05) is 0 Å². The first kappa shape index (κ1) is 63.0. The quantitative estimate of drug-likeness (QED) is 0.0285. The Labute approximate surface area is 417 Å². The van der Waals surface area contributed by atoms with E-state index in [4.69, 9.17) is 0 Å². The molecule has 0 spiro atoms. The van der Waals surface area contributed by atoms with Crippen molar-refractivity contribution >= 4 is 11.4 Å². The van der Waals surface area contributed by atoms with Crippen LogP contribution in [0.15, 0.2) is 35.9 Å². The van der Waals surface area contributed by atoms with E-state index in [1.807, 2.05) is 0 Å². The zero-order valence-electron chi connectivity index (χ0n) is 44.8. The topological polar surface area (TPSA) is 25.3 Å². The van der Waals surface area contributed by atoms with Crippen LogP contribution >= 0.6 is 0 Å². The fourth-order valence-electron chi connectivity index (χ4n) is 9.61. The Morgan fingerprint density at radius 1 is 0.369 bits per heavy atom. The van der Waals surface area contributed by atoms with Crippen LogP contribution in [0.4, 0.5) is 0 Å². The van der Waals surface area contributed by atoms with Crippen molar-refractivity contribution in [3.8, 4) is 0 Å². The fourth-order valence-corrected chi connectivity index (χ4v) is 9.61. The third-order valence-corrected chi connectivity index (χ3v) is 13.1. The summed E-state index contributed by atoms with van der Waals surface area (Å²) in [4.78, 5) is 0. The largest absolute Gasteiger partial charge is 2.00 e. The van der Waals surface area contributed by atoms with Crippen LogP contribution in [0.25, 0.3) is 16.9 Å². The average Bonchev–Trinajstić information content (AvgIpc) is 3.62. The minimum atomic E-state index is 0. The summed E-state index contributed by atoms with van der Waals surface area (Å²) in [5.74, 6) is 0. The van der Waals surface area contributed by atoms with Crippen LogP contribution in [-0.2, 0) is 55.0 Å². The molecule has 0 bridgehead atoms. The van der Waals surface area contributed by atoms with Gasteiger partial charge in [0.25, 0.3) is 0 Å². The Morgan fingerprint density at radius 2 is 0.677 bits per heavy atom. The molecule has 0 amide bonds. The summed E-state index contributed by atoms with van der Waals surface area (Å²) in [7, 11) is 0. The van der Waals surface area contributed by atoms with Crippen molar-refractivity contribution in [2.24, 2.45) is 0 Å². The first-order valence-corrected chi connectivity index (χ1v) is 28.1. The molecule has 0 N–H and O–H groups in total. The number of rotatable bonds is 35. The van der Waals surface area contributed by atoms with E-state index >= 15 is 0 Å². The van der Waals surface area contributed by atoms with Crippen molar-refractivity contribution in [2.45, 2.75) is 287 Å². The maximum Gasteiger partial charge on any atom is 2.00 e. The van der Waals surface area contributed by atoms with Crippen molar-refractivity contribution < 1.29 is 21.2 Å². The maximum atomic E-state index is 12.1. The predicted molar refractivity (Wildman–Crippen MR) is 289 cm³/mol. The van der Waals surface area contributed by atoms with Gasteiger partial charge in [0.15, 0.2) is 0 Å². The molecule has 0 saturated heterocycles. The van der Waals surface area contributed by atoms with E-state index < -0.39 is 0 Å². The predicted octanol–water partition coefficient (Wildman–Crippen LogP) is 20.9. The smallest absolute Gasteiger partial charge is 0.493 e. The minimum Gasteiger partial charge on any atom is -0.493 e. The molecular weight excluding hydrogens is 831 g/mol. The molecule has 65 heavy (non-hydrogen) atoms. The normalized spacial score (nSPS) is 12.2. The monoisotopic (exact) mass is 937 g/mol. The SMILES string of the molecule is CCCCCCC1=C(c2cc(CCC)c(CCC)c(CCC)c2)[N+](=[N-])C(c2cc(CCC)c(CCC)c(CCC)c2)=C1.[CH2-]CCCCCCCCCC.[CH2-]CCCCCCCCCC.[Ni+2]. The van der Waals surface area contributed by atoms with Gasteiger partial charge in [0.1, 0.15) is 0 Å². The summed E-state index contributed by atoms with van der Waals surface area (Å²) < 4.78 is 1.57. The molecule has 0 radical (unpaired) electrons. The van der Waals surface area contributed by atoms with E-state index in [2.05, 4.69) is 107 Å². The molecule has 0 aromatic heterocycles. The second-order valence-corrected chi connectivity index (χ2v) is 19.2. The van der Waals surface area contributed by atoms with Gasteiger partial charge in [-0.2, -0.15) is 12.8 Å². The molecule has 374 valence electrons. The Hall–Kier alpha value is -1.99. The van der Waals surface area contributed by atoms with Crippen LogP contribution in [0, 0.1) is 13.8 Å². The zero-order chi connectivity index (χ0) is 47.2. The van der Waals surface area contributed by atoms with Gasteiger partial charge < -0.3 is 19.4 Å². The maximum absolute atomic E-state index is 12.1. The van der Waals surface area contributed by atoms with E-state index in [9.17, 15) is 5.53 Å². The van der Waals surface area contributed by atoms with Gasteiger partial charge in [0.2, 0.25) is 11.4 Å². The van der Waals surface area contributed by atoms with Gasteiger partial charge in [-0.25, -0.2) is 4.70 Å². The molecule has 3 rings (SSSR count). The average molecular weight is 938 g/mol. The molecule has 1 aliphatic heterocycles. The van der Waals surface area contributed by atoms with E-state index in [0.29, 0.717) is 0 Å². The number of hydrogen-bond donors (Lipinski definition) is 0. The van der Waals surface area contributed by atoms with Crippen LogP contribution in [0.1, 0.15) is 293 Å². The van der Waals surface area contributed by atoms with Gasteiger partial charge in [0, 0.05) is 22.8 Å². The Balaban J connectivity index is 0.00000146. The third kappa shape index (κ3) is 25.3.